The minimum atomic E-state index is -1.14. The molecular weight excluding hydrogens is 226 g/mol. The fourth-order valence-electron chi connectivity index (χ4n) is 1.72. The average Bonchev–Trinajstić information content (AvgIpc) is 2.28. The van der Waals surface area contributed by atoms with Gasteiger partial charge in [-0.2, -0.15) is 0 Å². The van der Waals surface area contributed by atoms with Crippen LogP contribution in [-0.4, -0.2) is 41.3 Å². The Labute approximate surface area is 97.0 Å². The van der Waals surface area contributed by atoms with Gasteiger partial charge in [-0.1, -0.05) is 6.07 Å². The summed E-state index contributed by atoms with van der Waals surface area (Å²) in [7, 11) is 0. The smallest absolute Gasteiger partial charge is 0.329 e. The van der Waals surface area contributed by atoms with Crippen molar-refractivity contribution in [2.75, 3.05) is 18.1 Å². The van der Waals surface area contributed by atoms with Crippen molar-refractivity contribution in [3.63, 3.8) is 0 Å². The van der Waals surface area contributed by atoms with Gasteiger partial charge in [-0.3, -0.25) is 9.69 Å². The predicted molar refractivity (Wildman–Crippen MR) is 57.8 cm³/mol. The van der Waals surface area contributed by atoms with Crippen LogP contribution in [0.4, 0.5) is 5.69 Å². The van der Waals surface area contributed by atoms with E-state index in [1.165, 1.54) is 12.1 Å². The number of carbonyl (C=O) groups is 2. The number of aliphatic carboxylic acids is 1. The molecule has 2 rings (SSSR count). The first-order chi connectivity index (χ1) is 8.09. The van der Waals surface area contributed by atoms with Gasteiger partial charge in [-0.15, -0.1) is 0 Å². The normalized spacial score (nSPS) is 20.4. The van der Waals surface area contributed by atoms with Crippen LogP contribution in [0.5, 0.6) is 5.75 Å². The van der Waals surface area contributed by atoms with Gasteiger partial charge in [0, 0.05) is 11.8 Å². The van der Waals surface area contributed by atoms with Crippen molar-refractivity contribution in [2.45, 2.75) is 6.04 Å². The van der Waals surface area contributed by atoms with Gasteiger partial charge in [0.1, 0.15) is 12.4 Å². The van der Waals surface area contributed by atoms with E-state index < -0.39 is 17.9 Å². The zero-order valence-corrected chi connectivity index (χ0v) is 8.87. The minimum Gasteiger partial charge on any atom is -0.508 e. The lowest BCUT2D eigenvalue weighted by Crippen LogP contribution is -2.53. The lowest BCUT2D eigenvalue weighted by molar-refractivity contribution is -0.145. The van der Waals surface area contributed by atoms with Crippen molar-refractivity contribution in [1.82, 2.24) is 0 Å². The maximum Gasteiger partial charge on any atom is 0.329 e. The fraction of sp³-hybridized carbons (Fsp3) is 0.273. The van der Waals surface area contributed by atoms with Crippen molar-refractivity contribution in [3.8, 4) is 5.75 Å². The number of morpholine rings is 1. The van der Waals surface area contributed by atoms with Crippen LogP contribution in [0.15, 0.2) is 24.3 Å². The van der Waals surface area contributed by atoms with Crippen LogP contribution < -0.4 is 4.90 Å². The monoisotopic (exact) mass is 237 g/mol. The number of nitrogens with zero attached hydrogens (tertiary/aromatic N) is 1. The summed E-state index contributed by atoms with van der Waals surface area (Å²) < 4.78 is 4.90. The Morgan fingerprint density at radius 1 is 1.47 bits per heavy atom. The number of carbonyl (C=O) groups excluding carboxylic acids is 1. The van der Waals surface area contributed by atoms with Gasteiger partial charge < -0.3 is 14.9 Å². The van der Waals surface area contributed by atoms with Crippen LogP contribution in [0.1, 0.15) is 0 Å². The average molecular weight is 237 g/mol. The van der Waals surface area contributed by atoms with E-state index in [0.29, 0.717) is 5.69 Å². The molecule has 17 heavy (non-hydrogen) atoms. The molecule has 1 aromatic carbocycles. The molecule has 1 unspecified atom stereocenters. The highest BCUT2D eigenvalue weighted by Gasteiger charge is 2.35. The number of benzene rings is 1. The van der Waals surface area contributed by atoms with Gasteiger partial charge >= 0.3 is 5.97 Å². The Morgan fingerprint density at radius 2 is 2.24 bits per heavy atom. The van der Waals surface area contributed by atoms with Gasteiger partial charge in [0.25, 0.3) is 5.91 Å². The number of amides is 1. The molecule has 1 aromatic rings. The minimum absolute atomic E-state index is 0.0223. The molecule has 1 heterocycles. The number of carboxylic acids is 1. The van der Waals surface area contributed by atoms with Crippen molar-refractivity contribution in [1.29, 1.82) is 0 Å². The van der Waals surface area contributed by atoms with Crippen LogP contribution in [-0.2, 0) is 14.3 Å². The zero-order chi connectivity index (χ0) is 12.4. The molecule has 0 aliphatic carbocycles. The predicted octanol–water partition coefficient (Wildman–Crippen LogP) is 0.209. The van der Waals surface area contributed by atoms with E-state index in [2.05, 4.69) is 0 Å². The zero-order valence-electron chi connectivity index (χ0n) is 8.87. The number of ether oxygens (including phenoxy) is 1. The highest BCUT2D eigenvalue weighted by molar-refractivity contribution is 6.00. The molecule has 0 spiro atoms. The third-order valence-corrected chi connectivity index (χ3v) is 2.47. The van der Waals surface area contributed by atoms with Crippen LogP contribution in [0, 0.1) is 0 Å². The van der Waals surface area contributed by atoms with Crippen molar-refractivity contribution in [3.05, 3.63) is 24.3 Å². The van der Waals surface area contributed by atoms with E-state index >= 15 is 0 Å². The summed E-state index contributed by atoms with van der Waals surface area (Å²) in [6.45, 7) is -0.212. The van der Waals surface area contributed by atoms with Crippen molar-refractivity contribution < 1.29 is 24.5 Å². The molecule has 6 heteroatoms. The Balaban J connectivity index is 2.38. The number of phenols is 1. The van der Waals surface area contributed by atoms with Crippen molar-refractivity contribution in [2.24, 2.45) is 0 Å². The maximum atomic E-state index is 11.7. The van der Waals surface area contributed by atoms with Crippen LogP contribution >= 0.6 is 0 Å². The standard InChI is InChI=1S/C11H11NO5/c13-8-3-1-2-7(4-8)12-9(11(15)16)5-17-6-10(12)14/h1-4,9,13H,5-6H2,(H,15,16). The largest absolute Gasteiger partial charge is 0.508 e. The number of aromatic hydroxyl groups is 1. The first-order valence-electron chi connectivity index (χ1n) is 5.01. The summed E-state index contributed by atoms with van der Waals surface area (Å²) in [5.74, 6) is -1.60. The Morgan fingerprint density at radius 3 is 2.88 bits per heavy atom. The van der Waals surface area contributed by atoms with Crippen LogP contribution in [0.25, 0.3) is 0 Å². The number of anilines is 1. The molecule has 1 atom stereocenters. The van der Waals surface area contributed by atoms with E-state index in [1.807, 2.05) is 0 Å². The lowest BCUT2D eigenvalue weighted by Gasteiger charge is -2.32. The summed E-state index contributed by atoms with van der Waals surface area (Å²) in [4.78, 5) is 23.8. The van der Waals surface area contributed by atoms with E-state index in [-0.39, 0.29) is 19.0 Å². The molecule has 0 bridgehead atoms. The van der Waals surface area contributed by atoms with Gasteiger partial charge in [-0.05, 0) is 12.1 Å². The van der Waals surface area contributed by atoms with Crippen molar-refractivity contribution >= 4 is 17.6 Å². The highest BCUT2D eigenvalue weighted by atomic mass is 16.5. The van der Waals surface area contributed by atoms with Gasteiger partial charge in [0.2, 0.25) is 0 Å². The third-order valence-electron chi connectivity index (χ3n) is 2.47. The number of hydrogen-bond acceptors (Lipinski definition) is 4. The third kappa shape index (κ3) is 2.21. The molecule has 0 aromatic heterocycles. The number of hydrogen-bond donors (Lipinski definition) is 2. The number of carboxylic acid groups (broad SMARTS) is 1. The summed E-state index contributed by atoms with van der Waals surface area (Å²) in [5, 5.41) is 18.4. The Bertz CT molecular complexity index is 459. The van der Waals surface area contributed by atoms with E-state index in [9.17, 15) is 14.7 Å². The van der Waals surface area contributed by atoms with Crippen LogP contribution in [0.3, 0.4) is 0 Å². The number of phenolic OH excluding ortho intramolecular Hbond substituents is 1. The molecule has 1 amide bonds. The number of rotatable bonds is 2. The molecule has 90 valence electrons. The van der Waals surface area contributed by atoms with E-state index in [4.69, 9.17) is 9.84 Å². The van der Waals surface area contributed by atoms with Gasteiger partial charge in [-0.25, -0.2) is 4.79 Å². The first kappa shape index (κ1) is 11.4. The van der Waals surface area contributed by atoms with Crippen LogP contribution in [0.2, 0.25) is 0 Å². The quantitative estimate of drug-likeness (QED) is 0.767. The second-order valence-corrected chi connectivity index (χ2v) is 3.65. The summed E-state index contributed by atoms with van der Waals surface area (Å²) in [6, 6.07) is 4.85. The van der Waals surface area contributed by atoms with Gasteiger partial charge in [0.15, 0.2) is 6.04 Å². The summed E-state index contributed by atoms with van der Waals surface area (Å²) >= 11 is 0. The summed E-state index contributed by atoms with van der Waals surface area (Å²) in [6.07, 6.45) is 0. The second kappa shape index (κ2) is 4.42. The molecular formula is C11H11NO5. The molecule has 1 aliphatic heterocycles. The van der Waals surface area contributed by atoms with E-state index in [0.717, 1.165) is 4.90 Å². The molecule has 1 saturated heterocycles. The van der Waals surface area contributed by atoms with Gasteiger partial charge in [0.05, 0.1) is 6.61 Å². The molecule has 1 fully saturated rings. The molecule has 6 nitrogen and oxygen atoms in total. The second-order valence-electron chi connectivity index (χ2n) is 3.65. The fourth-order valence-corrected chi connectivity index (χ4v) is 1.72. The molecule has 1 aliphatic rings. The Kier molecular flexibility index (Phi) is 2.97. The highest BCUT2D eigenvalue weighted by Crippen LogP contribution is 2.24. The molecule has 0 saturated carbocycles. The SMILES string of the molecule is O=C(O)C1COCC(=O)N1c1cccc(O)c1. The maximum absolute atomic E-state index is 11.7. The summed E-state index contributed by atoms with van der Waals surface area (Å²) in [5.41, 5.74) is 0.353. The van der Waals surface area contributed by atoms with E-state index in [1.54, 1.807) is 12.1 Å². The molecule has 2 N–H and O–H groups in total. The topological polar surface area (TPSA) is 87.1 Å². The Hall–Kier alpha value is -2.08. The molecule has 0 radical (unpaired) electrons. The lowest BCUT2D eigenvalue weighted by atomic mass is 10.1. The first-order valence-corrected chi connectivity index (χ1v) is 5.01.